The van der Waals surface area contributed by atoms with Gasteiger partial charge in [-0.05, 0) is 32.9 Å². The minimum Gasteiger partial charge on any atom is -0.353 e. The summed E-state index contributed by atoms with van der Waals surface area (Å²) in [5.41, 5.74) is 0.695. The lowest BCUT2D eigenvalue weighted by Crippen LogP contribution is -2.31. The predicted octanol–water partition coefficient (Wildman–Crippen LogP) is 2.51. The van der Waals surface area contributed by atoms with E-state index in [9.17, 15) is 9.59 Å². The molecule has 92 valence electrons. The molecule has 1 N–H and O–H groups in total. The van der Waals surface area contributed by atoms with Crippen molar-refractivity contribution in [1.29, 1.82) is 0 Å². The second-order valence-electron chi connectivity index (χ2n) is 4.09. The van der Waals surface area contributed by atoms with Gasteiger partial charge in [0, 0.05) is 16.5 Å². The number of rotatable bonds is 5. The summed E-state index contributed by atoms with van der Waals surface area (Å²) in [4.78, 5) is 23.5. The van der Waals surface area contributed by atoms with Crippen molar-refractivity contribution in [2.75, 3.05) is 5.75 Å². The highest BCUT2D eigenvalue weighted by molar-refractivity contribution is 8.00. The van der Waals surface area contributed by atoms with Crippen molar-refractivity contribution in [2.45, 2.75) is 31.7 Å². The first-order chi connectivity index (χ1) is 7.99. The first kappa shape index (κ1) is 13.8. The molecule has 0 saturated carbocycles. The van der Waals surface area contributed by atoms with Gasteiger partial charge in [-0.3, -0.25) is 9.59 Å². The summed E-state index contributed by atoms with van der Waals surface area (Å²) in [6.07, 6.45) is 0. The molecule has 3 nitrogen and oxygen atoms in total. The Balaban J connectivity index is 2.47. The van der Waals surface area contributed by atoms with Crippen LogP contribution in [0.3, 0.4) is 0 Å². The number of carbonyl (C=O) groups is 2. The van der Waals surface area contributed by atoms with Crippen molar-refractivity contribution in [3.8, 4) is 0 Å². The second kappa shape index (κ2) is 6.45. The number of amides is 1. The van der Waals surface area contributed by atoms with E-state index in [1.165, 1.54) is 18.7 Å². The molecule has 1 aromatic rings. The average molecular weight is 251 g/mol. The summed E-state index contributed by atoms with van der Waals surface area (Å²) >= 11 is 1.47. The lowest BCUT2D eigenvalue weighted by atomic mass is 10.2. The molecule has 0 aromatic heterocycles. The lowest BCUT2D eigenvalue weighted by molar-refractivity contribution is -0.119. The highest BCUT2D eigenvalue weighted by atomic mass is 32.2. The average Bonchev–Trinajstić information content (AvgIpc) is 2.26. The summed E-state index contributed by atoms with van der Waals surface area (Å²) in [5.74, 6) is 0.483. The number of hydrogen-bond acceptors (Lipinski definition) is 3. The zero-order valence-electron chi connectivity index (χ0n) is 10.3. The van der Waals surface area contributed by atoms with Crippen molar-refractivity contribution < 1.29 is 9.59 Å². The van der Waals surface area contributed by atoms with Gasteiger partial charge in [0.1, 0.15) is 0 Å². The smallest absolute Gasteiger partial charge is 0.230 e. The van der Waals surface area contributed by atoms with Gasteiger partial charge in [-0.2, -0.15) is 0 Å². The molecule has 0 bridgehead atoms. The van der Waals surface area contributed by atoms with E-state index < -0.39 is 0 Å². The monoisotopic (exact) mass is 251 g/mol. The summed E-state index contributed by atoms with van der Waals surface area (Å²) in [6, 6.07) is 7.47. The molecule has 0 unspecified atom stereocenters. The molecular formula is C13H17NO2S. The van der Waals surface area contributed by atoms with Gasteiger partial charge in [0.15, 0.2) is 5.78 Å². The molecular weight excluding hydrogens is 234 g/mol. The maximum Gasteiger partial charge on any atom is 0.230 e. The van der Waals surface area contributed by atoms with Crippen LogP contribution in [0, 0.1) is 0 Å². The van der Waals surface area contributed by atoms with Crippen LogP contribution >= 0.6 is 11.8 Å². The number of thioether (sulfide) groups is 1. The quantitative estimate of drug-likeness (QED) is 0.646. The van der Waals surface area contributed by atoms with Crippen LogP contribution in [0.4, 0.5) is 0 Å². The van der Waals surface area contributed by atoms with E-state index in [0.717, 1.165) is 4.90 Å². The fourth-order valence-electron chi connectivity index (χ4n) is 1.30. The van der Waals surface area contributed by atoms with Gasteiger partial charge in [-0.25, -0.2) is 0 Å². The standard InChI is InChI=1S/C13H17NO2S/c1-9(2)14-13(16)8-17-12-6-4-11(5-7-12)10(3)15/h4-7,9H,8H2,1-3H3,(H,14,16). The first-order valence-electron chi connectivity index (χ1n) is 5.52. The van der Waals surface area contributed by atoms with Crippen molar-refractivity contribution >= 4 is 23.5 Å². The van der Waals surface area contributed by atoms with Gasteiger partial charge in [0.25, 0.3) is 0 Å². The lowest BCUT2D eigenvalue weighted by Gasteiger charge is -2.07. The Morgan fingerprint density at radius 3 is 2.29 bits per heavy atom. The molecule has 0 fully saturated rings. The molecule has 1 aromatic carbocycles. The third kappa shape index (κ3) is 5.04. The van der Waals surface area contributed by atoms with E-state index in [2.05, 4.69) is 5.32 Å². The molecule has 4 heteroatoms. The minimum atomic E-state index is 0.0284. The van der Waals surface area contributed by atoms with Gasteiger partial charge >= 0.3 is 0 Å². The van der Waals surface area contributed by atoms with Crippen molar-refractivity contribution in [2.24, 2.45) is 0 Å². The second-order valence-corrected chi connectivity index (χ2v) is 5.14. The molecule has 0 atom stereocenters. The van der Waals surface area contributed by atoms with Crippen LogP contribution in [0.15, 0.2) is 29.2 Å². The minimum absolute atomic E-state index is 0.0284. The molecule has 17 heavy (non-hydrogen) atoms. The normalized spacial score (nSPS) is 10.4. The van der Waals surface area contributed by atoms with Gasteiger partial charge in [0.2, 0.25) is 5.91 Å². The van der Waals surface area contributed by atoms with Crippen LogP contribution in [-0.2, 0) is 4.79 Å². The zero-order chi connectivity index (χ0) is 12.8. The van der Waals surface area contributed by atoms with Crippen molar-refractivity contribution in [3.05, 3.63) is 29.8 Å². The Morgan fingerprint density at radius 1 is 1.24 bits per heavy atom. The number of Topliss-reactive ketones (excluding diaryl/α,β-unsaturated/α-hetero) is 1. The van der Waals surface area contributed by atoms with Gasteiger partial charge in [0.05, 0.1) is 5.75 Å². The van der Waals surface area contributed by atoms with E-state index >= 15 is 0 Å². The fourth-order valence-corrected chi connectivity index (χ4v) is 2.01. The van der Waals surface area contributed by atoms with Gasteiger partial charge in [-0.1, -0.05) is 12.1 Å². The van der Waals surface area contributed by atoms with Crippen molar-refractivity contribution in [3.63, 3.8) is 0 Å². The Bertz CT molecular complexity index is 398. The number of hydrogen-bond donors (Lipinski definition) is 1. The molecule has 1 rings (SSSR count). The molecule has 0 radical (unpaired) electrons. The summed E-state index contributed by atoms with van der Waals surface area (Å²) in [6.45, 7) is 5.41. The Labute approximate surface area is 106 Å². The van der Waals surface area contributed by atoms with Crippen LogP contribution in [0.1, 0.15) is 31.1 Å². The molecule has 0 aliphatic heterocycles. The fraction of sp³-hybridized carbons (Fsp3) is 0.385. The molecule has 0 saturated heterocycles. The summed E-state index contributed by atoms with van der Waals surface area (Å²) in [5, 5.41) is 2.83. The number of benzene rings is 1. The van der Waals surface area contributed by atoms with Crippen LogP contribution in [0.5, 0.6) is 0 Å². The summed E-state index contributed by atoms with van der Waals surface area (Å²) < 4.78 is 0. The molecule has 0 aliphatic carbocycles. The number of ketones is 1. The molecule has 0 spiro atoms. The summed E-state index contributed by atoms with van der Waals surface area (Å²) in [7, 11) is 0. The predicted molar refractivity (Wildman–Crippen MR) is 70.4 cm³/mol. The SMILES string of the molecule is CC(=O)c1ccc(SCC(=O)NC(C)C)cc1. The topological polar surface area (TPSA) is 46.2 Å². The van der Waals surface area contributed by atoms with Crippen LogP contribution < -0.4 is 5.32 Å². The van der Waals surface area contributed by atoms with E-state index in [0.29, 0.717) is 11.3 Å². The largest absolute Gasteiger partial charge is 0.353 e. The number of carbonyl (C=O) groups excluding carboxylic acids is 2. The van der Waals surface area contributed by atoms with E-state index in [-0.39, 0.29) is 17.7 Å². The van der Waals surface area contributed by atoms with Crippen LogP contribution in [0.25, 0.3) is 0 Å². The molecule has 0 aliphatic rings. The van der Waals surface area contributed by atoms with E-state index in [4.69, 9.17) is 0 Å². The first-order valence-corrected chi connectivity index (χ1v) is 6.50. The highest BCUT2D eigenvalue weighted by Gasteiger charge is 2.04. The third-order valence-electron chi connectivity index (χ3n) is 2.08. The van der Waals surface area contributed by atoms with E-state index in [1.54, 1.807) is 12.1 Å². The Morgan fingerprint density at radius 2 is 1.82 bits per heavy atom. The van der Waals surface area contributed by atoms with Crippen LogP contribution in [-0.4, -0.2) is 23.5 Å². The van der Waals surface area contributed by atoms with Crippen molar-refractivity contribution in [1.82, 2.24) is 5.32 Å². The van der Waals surface area contributed by atoms with Gasteiger partial charge < -0.3 is 5.32 Å². The maximum absolute atomic E-state index is 11.4. The molecule has 0 heterocycles. The van der Waals surface area contributed by atoms with Gasteiger partial charge in [-0.15, -0.1) is 11.8 Å². The maximum atomic E-state index is 11.4. The van der Waals surface area contributed by atoms with Crippen LogP contribution in [0.2, 0.25) is 0 Å². The third-order valence-corrected chi connectivity index (χ3v) is 3.09. The number of nitrogens with one attached hydrogen (secondary N) is 1. The molecule has 1 amide bonds. The Hall–Kier alpha value is -1.29. The highest BCUT2D eigenvalue weighted by Crippen LogP contribution is 2.18. The Kier molecular flexibility index (Phi) is 5.22. The zero-order valence-corrected chi connectivity index (χ0v) is 11.1. The van der Waals surface area contributed by atoms with E-state index in [1.807, 2.05) is 26.0 Å².